The van der Waals surface area contributed by atoms with Crippen molar-refractivity contribution in [3.05, 3.63) is 54.1 Å². The lowest BCUT2D eigenvalue weighted by molar-refractivity contribution is -0.439. The molecule has 0 atom stereocenters. The number of rotatable bonds is 10. The second kappa shape index (κ2) is 9.97. The minimum Gasteiger partial charge on any atom is -0.200 e. The quantitative estimate of drug-likeness (QED) is 0.206. The summed E-state index contributed by atoms with van der Waals surface area (Å²) in [5.41, 5.74) is 2.54. The molecule has 0 aliphatic carbocycles. The number of aryl methyl sites for hydroxylation is 1. The van der Waals surface area contributed by atoms with Crippen LogP contribution < -0.4 is 0 Å². The highest BCUT2D eigenvalue weighted by molar-refractivity contribution is 7.99. The van der Waals surface area contributed by atoms with E-state index in [1.54, 1.807) is 0 Å². The van der Waals surface area contributed by atoms with Gasteiger partial charge in [-0.25, -0.2) is 0 Å². The molecule has 0 aromatic heterocycles. The van der Waals surface area contributed by atoms with Crippen LogP contribution in [0.1, 0.15) is 18.9 Å². The summed E-state index contributed by atoms with van der Waals surface area (Å²) in [7, 11) is 0. The van der Waals surface area contributed by atoms with Crippen molar-refractivity contribution in [1.29, 1.82) is 0 Å². The average molecular weight is 560 g/mol. The Morgan fingerprint density at radius 3 is 1.39 bits per heavy atom. The third-order valence-electron chi connectivity index (χ3n) is 5.23. The van der Waals surface area contributed by atoms with E-state index < -0.39 is 48.0 Å². The van der Waals surface area contributed by atoms with Crippen molar-refractivity contribution in [3.63, 3.8) is 0 Å². The molecular formula is C22H17F13S. The van der Waals surface area contributed by atoms with Gasteiger partial charge in [0.1, 0.15) is 0 Å². The summed E-state index contributed by atoms with van der Waals surface area (Å²) in [5.74, 6) is -37.7. The average Bonchev–Trinajstić information content (AvgIpc) is 2.78. The molecule has 0 unspecified atom stereocenters. The molecule has 0 aliphatic heterocycles. The maximum Gasteiger partial charge on any atom is 0.460 e. The monoisotopic (exact) mass is 560 g/mol. The van der Waals surface area contributed by atoms with E-state index in [4.69, 9.17) is 0 Å². The highest BCUT2D eigenvalue weighted by Crippen LogP contribution is 2.60. The number of alkyl halides is 13. The van der Waals surface area contributed by atoms with E-state index in [-0.39, 0.29) is 4.90 Å². The van der Waals surface area contributed by atoms with Gasteiger partial charge in [0.05, 0.1) is 0 Å². The summed E-state index contributed by atoms with van der Waals surface area (Å²) >= 11 is 0.427. The summed E-state index contributed by atoms with van der Waals surface area (Å²) in [6.07, 6.45) is -8.84. The second-order valence-corrected chi connectivity index (χ2v) is 8.84. The van der Waals surface area contributed by atoms with Gasteiger partial charge in [0, 0.05) is 17.1 Å². The normalized spacial score (nSPS) is 14.3. The number of thioether (sulfide) groups is 1. The molecule has 0 N–H and O–H groups in total. The molecule has 2 rings (SSSR count). The van der Waals surface area contributed by atoms with Crippen LogP contribution >= 0.6 is 11.8 Å². The number of halogens is 13. The van der Waals surface area contributed by atoms with Crippen LogP contribution in [0.5, 0.6) is 0 Å². The smallest absolute Gasteiger partial charge is 0.200 e. The van der Waals surface area contributed by atoms with E-state index in [0.717, 1.165) is 17.5 Å². The Morgan fingerprint density at radius 2 is 0.972 bits per heavy atom. The lowest BCUT2D eigenvalue weighted by Gasteiger charge is -2.39. The highest BCUT2D eigenvalue weighted by Gasteiger charge is 2.90. The lowest BCUT2D eigenvalue weighted by atomic mass is 9.93. The summed E-state index contributed by atoms with van der Waals surface area (Å²) in [4.78, 5) is 0.184. The van der Waals surface area contributed by atoms with Crippen molar-refractivity contribution in [3.8, 4) is 11.1 Å². The van der Waals surface area contributed by atoms with Gasteiger partial charge in [0.15, 0.2) is 0 Å². The molecular weight excluding hydrogens is 543 g/mol. The van der Waals surface area contributed by atoms with Gasteiger partial charge in [-0.2, -0.15) is 57.1 Å². The minimum absolute atomic E-state index is 0.184. The van der Waals surface area contributed by atoms with E-state index in [9.17, 15) is 57.1 Å². The minimum atomic E-state index is -7.87. The van der Waals surface area contributed by atoms with E-state index in [1.807, 2.05) is 31.2 Å². The number of hydrogen-bond donors (Lipinski definition) is 0. The van der Waals surface area contributed by atoms with Crippen LogP contribution in [0.2, 0.25) is 0 Å². The van der Waals surface area contributed by atoms with Crippen molar-refractivity contribution in [2.75, 3.05) is 5.75 Å². The fourth-order valence-electron chi connectivity index (χ4n) is 2.93. The van der Waals surface area contributed by atoms with Crippen LogP contribution in [-0.4, -0.2) is 41.5 Å². The standard InChI is InChI=1S/C22H17F13S/c1-2-13-3-5-14(6-4-13)15-7-9-16(10-8-15)36-12-11-17(23,24)18(25,26)19(27,28)20(29,30)21(31,32)22(33,34)35/h3-10H,2,11-12H2,1H3. The van der Waals surface area contributed by atoms with Crippen LogP contribution in [0.25, 0.3) is 11.1 Å². The lowest BCUT2D eigenvalue weighted by Crippen LogP contribution is -2.70. The molecule has 0 saturated carbocycles. The molecule has 2 aromatic rings. The zero-order valence-corrected chi connectivity index (χ0v) is 18.9. The van der Waals surface area contributed by atoms with Crippen molar-refractivity contribution < 1.29 is 57.1 Å². The van der Waals surface area contributed by atoms with E-state index >= 15 is 0 Å². The first-order valence-corrected chi connectivity index (χ1v) is 11.0. The summed E-state index contributed by atoms with van der Waals surface area (Å²) in [6, 6.07) is 13.2. The molecule has 2 aromatic carbocycles. The Morgan fingerprint density at radius 1 is 0.556 bits per heavy atom. The summed E-state index contributed by atoms with van der Waals surface area (Å²) < 4.78 is 171. The molecule has 14 heteroatoms. The van der Waals surface area contributed by atoms with Gasteiger partial charge < -0.3 is 0 Å². The first-order valence-electron chi connectivity index (χ1n) is 10.0. The fourth-order valence-corrected chi connectivity index (χ4v) is 3.86. The van der Waals surface area contributed by atoms with Gasteiger partial charge in [-0.1, -0.05) is 43.3 Å². The molecule has 202 valence electrons. The molecule has 0 nitrogen and oxygen atoms in total. The van der Waals surface area contributed by atoms with Crippen LogP contribution in [0.15, 0.2) is 53.4 Å². The van der Waals surface area contributed by atoms with Crippen LogP contribution in [0.3, 0.4) is 0 Å². The Balaban J connectivity index is 2.13. The zero-order valence-electron chi connectivity index (χ0n) is 18.1. The summed E-state index contributed by atoms with van der Waals surface area (Å²) in [5, 5.41) is 0. The van der Waals surface area contributed by atoms with Crippen molar-refractivity contribution >= 4 is 11.8 Å². The van der Waals surface area contributed by atoms with E-state index in [1.165, 1.54) is 24.3 Å². The van der Waals surface area contributed by atoms with Gasteiger partial charge in [-0.15, -0.1) is 11.8 Å². The van der Waals surface area contributed by atoms with Crippen LogP contribution in [0, 0.1) is 0 Å². The molecule has 0 radical (unpaired) electrons. The SMILES string of the molecule is CCc1ccc(-c2ccc(SCCC(F)(F)C(F)(F)C(F)(F)C(F)(F)C(F)(F)C(F)(F)F)cc2)cc1. The Hall–Kier alpha value is -2.12. The van der Waals surface area contributed by atoms with E-state index in [0.29, 0.717) is 17.3 Å². The number of benzene rings is 2. The Bertz CT molecular complexity index is 1010. The Labute approximate surface area is 200 Å². The Kier molecular flexibility index (Phi) is 8.34. The molecule has 0 amide bonds. The predicted octanol–water partition coefficient (Wildman–Crippen LogP) is 9.14. The molecule has 0 aliphatic rings. The fraction of sp³-hybridized carbons (Fsp3) is 0.455. The highest BCUT2D eigenvalue weighted by atomic mass is 32.2. The maximum absolute atomic E-state index is 13.9. The first-order chi connectivity index (χ1) is 16.2. The van der Waals surface area contributed by atoms with Gasteiger partial charge in [-0.3, -0.25) is 0 Å². The first kappa shape index (κ1) is 30.1. The van der Waals surface area contributed by atoms with Crippen molar-refractivity contribution in [1.82, 2.24) is 0 Å². The second-order valence-electron chi connectivity index (χ2n) is 7.67. The van der Waals surface area contributed by atoms with Crippen LogP contribution in [0.4, 0.5) is 57.1 Å². The zero-order chi connectivity index (χ0) is 27.8. The summed E-state index contributed by atoms with van der Waals surface area (Å²) in [6.45, 7) is 1.95. The molecule has 0 spiro atoms. The number of hydrogen-bond acceptors (Lipinski definition) is 1. The molecule has 0 fully saturated rings. The molecule has 0 saturated heterocycles. The predicted molar refractivity (Wildman–Crippen MR) is 107 cm³/mol. The van der Waals surface area contributed by atoms with Crippen molar-refractivity contribution in [2.45, 2.75) is 60.4 Å². The third kappa shape index (κ3) is 5.28. The molecule has 0 heterocycles. The van der Waals surface area contributed by atoms with Crippen molar-refractivity contribution in [2.24, 2.45) is 0 Å². The largest absolute Gasteiger partial charge is 0.460 e. The van der Waals surface area contributed by atoms with Gasteiger partial charge in [0.25, 0.3) is 0 Å². The van der Waals surface area contributed by atoms with Gasteiger partial charge >= 0.3 is 35.8 Å². The van der Waals surface area contributed by atoms with E-state index in [2.05, 4.69) is 0 Å². The molecule has 0 bridgehead atoms. The van der Waals surface area contributed by atoms with Gasteiger partial charge in [-0.05, 0) is 35.2 Å². The maximum atomic E-state index is 13.9. The third-order valence-corrected chi connectivity index (χ3v) is 6.25. The molecule has 36 heavy (non-hydrogen) atoms. The van der Waals surface area contributed by atoms with Gasteiger partial charge in [0.2, 0.25) is 0 Å². The topological polar surface area (TPSA) is 0 Å². The van der Waals surface area contributed by atoms with Crippen LogP contribution in [-0.2, 0) is 6.42 Å².